The molecule has 4 rings (SSSR count). The van der Waals surface area contributed by atoms with Gasteiger partial charge in [0.15, 0.2) is 5.96 Å². The number of aryl methyl sites for hydroxylation is 1. The van der Waals surface area contributed by atoms with E-state index < -0.39 is 0 Å². The van der Waals surface area contributed by atoms with Gasteiger partial charge < -0.3 is 10.6 Å². The quantitative estimate of drug-likeness (QED) is 0.332. The number of aromatic nitrogens is 2. The van der Waals surface area contributed by atoms with Crippen molar-refractivity contribution in [2.24, 2.45) is 4.99 Å². The summed E-state index contributed by atoms with van der Waals surface area (Å²) in [6, 6.07) is 15.4. The first kappa shape index (κ1) is 20.6. The average Bonchev–Trinajstić information content (AvgIpc) is 3.47. The fourth-order valence-electron chi connectivity index (χ4n) is 3.96. The SMILES string of the molecule is CN=C(NCCCn1cccn1)NCC(c1ccccc1)N1CCc2sccc2C1. The van der Waals surface area contributed by atoms with Crippen molar-refractivity contribution in [3.05, 3.63) is 76.2 Å². The molecular weight excluding hydrogens is 392 g/mol. The Morgan fingerprint density at radius 2 is 2.10 bits per heavy atom. The number of guanidine groups is 1. The molecular formula is C23H30N6S. The molecule has 1 atom stereocenters. The molecule has 2 aromatic heterocycles. The van der Waals surface area contributed by atoms with Crippen LogP contribution in [0.2, 0.25) is 0 Å². The smallest absolute Gasteiger partial charge is 0.191 e. The highest BCUT2D eigenvalue weighted by atomic mass is 32.1. The van der Waals surface area contributed by atoms with Crippen LogP contribution in [0.5, 0.6) is 0 Å². The number of aliphatic imine (C=N–C) groups is 1. The summed E-state index contributed by atoms with van der Waals surface area (Å²) in [5.41, 5.74) is 2.83. The van der Waals surface area contributed by atoms with Gasteiger partial charge in [-0.3, -0.25) is 14.6 Å². The molecule has 6 nitrogen and oxygen atoms in total. The zero-order chi connectivity index (χ0) is 20.6. The molecule has 7 heteroatoms. The van der Waals surface area contributed by atoms with Crippen LogP contribution in [0.3, 0.4) is 0 Å². The van der Waals surface area contributed by atoms with Crippen LogP contribution in [0.4, 0.5) is 0 Å². The largest absolute Gasteiger partial charge is 0.356 e. The molecule has 0 bridgehead atoms. The molecule has 0 spiro atoms. The Labute approximate surface area is 182 Å². The summed E-state index contributed by atoms with van der Waals surface area (Å²) in [7, 11) is 1.83. The molecule has 0 amide bonds. The summed E-state index contributed by atoms with van der Waals surface area (Å²) in [4.78, 5) is 8.54. The standard InChI is InChI=1S/C23H30N6S/c1-24-23(25-11-5-13-29-14-6-12-27-29)26-17-21(19-7-3-2-4-8-19)28-15-9-22-20(18-28)10-16-30-22/h2-4,6-8,10,12,14,16,21H,5,9,11,13,15,17-18H2,1H3,(H2,24,25,26). The molecule has 0 saturated carbocycles. The summed E-state index contributed by atoms with van der Waals surface area (Å²) >= 11 is 1.89. The predicted octanol–water partition coefficient (Wildman–Crippen LogP) is 3.30. The molecule has 1 aromatic carbocycles. The van der Waals surface area contributed by atoms with Crippen LogP contribution in [0.25, 0.3) is 0 Å². The maximum absolute atomic E-state index is 4.42. The molecule has 0 fully saturated rings. The summed E-state index contributed by atoms with van der Waals surface area (Å²) in [5.74, 6) is 0.852. The highest BCUT2D eigenvalue weighted by Crippen LogP contribution is 2.30. The topological polar surface area (TPSA) is 57.5 Å². The predicted molar refractivity (Wildman–Crippen MR) is 124 cm³/mol. The third-order valence-corrected chi connectivity index (χ3v) is 6.59. The van der Waals surface area contributed by atoms with Crippen molar-refractivity contribution in [3.63, 3.8) is 0 Å². The Hall–Kier alpha value is -2.64. The van der Waals surface area contributed by atoms with Gasteiger partial charge in [0, 0.05) is 57.0 Å². The first-order chi connectivity index (χ1) is 14.8. The third-order valence-electron chi connectivity index (χ3n) is 5.56. The van der Waals surface area contributed by atoms with Crippen LogP contribution in [-0.2, 0) is 19.5 Å². The van der Waals surface area contributed by atoms with Crippen LogP contribution < -0.4 is 10.6 Å². The molecule has 0 saturated heterocycles. The molecule has 1 unspecified atom stereocenters. The van der Waals surface area contributed by atoms with E-state index in [2.05, 4.69) is 67.4 Å². The molecule has 0 aliphatic carbocycles. The number of nitrogens with one attached hydrogen (secondary N) is 2. The van der Waals surface area contributed by atoms with Crippen LogP contribution in [0, 0.1) is 0 Å². The first-order valence-electron chi connectivity index (χ1n) is 10.6. The van der Waals surface area contributed by atoms with Crippen molar-refractivity contribution in [3.8, 4) is 0 Å². The summed E-state index contributed by atoms with van der Waals surface area (Å²) < 4.78 is 1.96. The normalized spacial score (nSPS) is 15.6. The number of nitrogens with zero attached hydrogens (tertiary/aromatic N) is 4. The van der Waals surface area contributed by atoms with E-state index in [4.69, 9.17) is 0 Å². The van der Waals surface area contributed by atoms with E-state index in [1.807, 2.05) is 41.5 Å². The highest BCUT2D eigenvalue weighted by Gasteiger charge is 2.25. The van der Waals surface area contributed by atoms with Gasteiger partial charge in [-0.15, -0.1) is 11.3 Å². The number of fused-ring (bicyclic) bond motifs is 1. The monoisotopic (exact) mass is 422 g/mol. The van der Waals surface area contributed by atoms with Gasteiger partial charge in [0.1, 0.15) is 0 Å². The first-order valence-corrected chi connectivity index (χ1v) is 11.5. The van der Waals surface area contributed by atoms with Gasteiger partial charge in [-0.1, -0.05) is 30.3 Å². The van der Waals surface area contributed by atoms with Crippen LogP contribution in [-0.4, -0.2) is 47.3 Å². The van der Waals surface area contributed by atoms with Gasteiger partial charge in [-0.2, -0.15) is 5.10 Å². The van der Waals surface area contributed by atoms with Crippen molar-refractivity contribution in [2.45, 2.75) is 32.0 Å². The second-order valence-corrected chi connectivity index (χ2v) is 8.52. The maximum atomic E-state index is 4.42. The molecule has 3 aromatic rings. The van der Waals surface area contributed by atoms with Crippen LogP contribution >= 0.6 is 11.3 Å². The summed E-state index contributed by atoms with van der Waals surface area (Å²) in [6.45, 7) is 4.68. The lowest BCUT2D eigenvalue weighted by molar-refractivity contribution is 0.181. The zero-order valence-corrected chi connectivity index (χ0v) is 18.3. The zero-order valence-electron chi connectivity index (χ0n) is 17.5. The second-order valence-electron chi connectivity index (χ2n) is 7.52. The van der Waals surface area contributed by atoms with Crippen molar-refractivity contribution in [1.82, 2.24) is 25.3 Å². The van der Waals surface area contributed by atoms with Gasteiger partial charge in [-0.05, 0) is 41.5 Å². The van der Waals surface area contributed by atoms with E-state index in [1.54, 1.807) is 4.88 Å². The molecule has 1 aliphatic rings. The van der Waals surface area contributed by atoms with Crippen molar-refractivity contribution < 1.29 is 0 Å². The number of hydrogen-bond acceptors (Lipinski definition) is 4. The third kappa shape index (κ3) is 5.29. The minimum Gasteiger partial charge on any atom is -0.356 e. The number of hydrogen-bond donors (Lipinski definition) is 2. The highest BCUT2D eigenvalue weighted by molar-refractivity contribution is 7.10. The molecule has 1 aliphatic heterocycles. The fourth-order valence-corrected chi connectivity index (χ4v) is 4.85. The van der Waals surface area contributed by atoms with Gasteiger partial charge in [-0.25, -0.2) is 0 Å². The number of benzene rings is 1. The lowest BCUT2D eigenvalue weighted by Crippen LogP contribution is -2.44. The van der Waals surface area contributed by atoms with Crippen LogP contribution in [0.1, 0.15) is 28.5 Å². The Morgan fingerprint density at radius 3 is 2.90 bits per heavy atom. The molecule has 3 heterocycles. The summed E-state index contributed by atoms with van der Waals surface area (Å²) in [6.07, 6.45) is 5.95. The van der Waals surface area contributed by atoms with E-state index in [0.717, 1.165) is 51.5 Å². The van der Waals surface area contributed by atoms with Crippen molar-refractivity contribution >= 4 is 17.3 Å². The minimum absolute atomic E-state index is 0.307. The van der Waals surface area contributed by atoms with Gasteiger partial charge in [0.2, 0.25) is 0 Å². The summed E-state index contributed by atoms with van der Waals surface area (Å²) in [5, 5.41) is 13.5. The van der Waals surface area contributed by atoms with Gasteiger partial charge in [0.25, 0.3) is 0 Å². The fraction of sp³-hybridized carbons (Fsp3) is 0.391. The molecule has 0 radical (unpaired) electrons. The lowest BCUT2D eigenvalue weighted by atomic mass is 10.0. The molecule has 2 N–H and O–H groups in total. The van der Waals surface area contributed by atoms with E-state index in [-0.39, 0.29) is 0 Å². The second kappa shape index (κ2) is 10.4. The Kier molecular flexibility index (Phi) is 7.16. The molecule has 30 heavy (non-hydrogen) atoms. The average molecular weight is 423 g/mol. The Morgan fingerprint density at radius 1 is 1.20 bits per heavy atom. The molecule has 158 valence electrons. The minimum atomic E-state index is 0.307. The van der Waals surface area contributed by atoms with Crippen molar-refractivity contribution in [1.29, 1.82) is 0 Å². The van der Waals surface area contributed by atoms with E-state index in [9.17, 15) is 0 Å². The Balaban J connectivity index is 1.34. The van der Waals surface area contributed by atoms with E-state index >= 15 is 0 Å². The van der Waals surface area contributed by atoms with E-state index in [0.29, 0.717) is 6.04 Å². The van der Waals surface area contributed by atoms with Gasteiger partial charge >= 0.3 is 0 Å². The van der Waals surface area contributed by atoms with Gasteiger partial charge in [0.05, 0.1) is 6.04 Å². The number of thiophene rings is 1. The number of rotatable bonds is 8. The lowest BCUT2D eigenvalue weighted by Gasteiger charge is -2.35. The van der Waals surface area contributed by atoms with Crippen LogP contribution in [0.15, 0.2) is 65.2 Å². The van der Waals surface area contributed by atoms with E-state index in [1.165, 1.54) is 11.1 Å². The Bertz CT molecular complexity index is 918. The van der Waals surface area contributed by atoms with Crippen molar-refractivity contribution in [2.75, 3.05) is 26.7 Å². The maximum Gasteiger partial charge on any atom is 0.191 e.